The van der Waals surface area contributed by atoms with Gasteiger partial charge in [-0.15, -0.1) is 12.4 Å². The first-order valence-electron chi connectivity index (χ1n) is 11.5. The number of hydrogen-bond donors (Lipinski definition) is 3. The molecule has 186 valence electrons. The molecule has 0 radical (unpaired) electrons. The lowest BCUT2D eigenvalue weighted by atomic mass is 9.93. The fraction of sp³-hybridized carbons (Fsp3) is 0.440. The molecule has 0 unspecified atom stereocenters. The second kappa shape index (κ2) is 11.6. The number of hydrogen-bond acceptors (Lipinski definition) is 9. The highest BCUT2D eigenvalue weighted by Gasteiger charge is 2.23. The number of nitrogens with zero attached hydrogens (tertiary/aromatic N) is 5. The summed E-state index contributed by atoms with van der Waals surface area (Å²) < 4.78 is 5.53. The van der Waals surface area contributed by atoms with Gasteiger partial charge >= 0.3 is 0 Å². The Bertz CT molecular complexity index is 1200. The summed E-state index contributed by atoms with van der Waals surface area (Å²) in [6, 6.07) is 7.91. The SMILES string of the molecule is Cc1c(-c2noc(-c3cnc(NC(C)C)c(C#N)c3)n2)ccc2c1CCN(C(CO)CO)CC2.Cl. The zero-order valence-electron chi connectivity index (χ0n) is 20.2. The third-order valence-electron chi connectivity index (χ3n) is 6.30. The third kappa shape index (κ3) is 5.63. The van der Waals surface area contributed by atoms with Crippen LogP contribution in [0, 0.1) is 18.3 Å². The van der Waals surface area contributed by atoms with Crippen molar-refractivity contribution >= 4 is 18.2 Å². The van der Waals surface area contributed by atoms with Gasteiger partial charge in [0.2, 0.25) is 5.82 Å². The molecule has 3 heterocycles. The van der Waals surface area contributed by atoms with Gasteiger partial charge in [-0.25, -0.2) is 4.98 Å². The van der Waals surface area contributed by atoms with Crippen molar-refractivity contribution in [3.63, 3.8) is 0 Å². The number of aliphatic hydroxyl groups excluding tert-OH is 2. The number of halogens is 1. The van der Waals surface area contributed by atoms with Gasteiger partial charge in [0.25, 0.3) is 5.89 Å². The van der Waals surface area contributed by atoms with E-state index in [0.29, 0.717) is 28.7 Å². The number of nitrogens with one attached hydrogen (secondary N) is 1. The first kappa shape index (κ1) is 26.6. The van der Waals surface area contributed by atoms with Crippen molar-refractivity contribution in [1.82, 2.24) is 20.0 Å². The summed E-state index contributed by atoms with van der Waals surface area (Å²) in [6.45, 7) is 7.48. The first-order valence-corrected chi connectivity index (χ1v) is 11.5. The summed E-state index contributed by atoms with van der Waals surface area (Å²) in [6.07, 6.45) is 3.29. The number of rotatable bonds is 7. The van der Waals surface area contributed by atoms with E-state index in [1.54, 1.807) is 12.3 Å². The summed E-state index contributed by atoms with van der Waals surface area (Å²) in [5, 5.41) is 36.0. The van der Waals surface area contributed by atoms with Crippen LogP contribution in [-0.2, 0) is 12.8 Å². The van der Waals surface area contributed by atoms with Gasteiger partial charge in [0.15, 0.2) is 0 Å². The molecule has 35 heavy (non-hydrogen) atoms. The molecular weight excluding hydrogens is 468 g/mol. The highest BCUT2D eigenvalue weighted by atomic mass is 35.5. The smallest absolute Gasteiger partial charge is 0.259 e. The Kier molecular flexibility index (Phi) is 8.81. The predicted octanol–water partition coefficient (Wildman–Crippen LogP) is 2.97. The lowest BCUT2D eigenvalue weighted by Crippen LogP contribution is -2.42. The van der Waals surface area contributed by atoms with Gasteiger partial charge in [0.05, 0.1) is 30.4 Å². The zero-order valence-corrected chi connectivity index (χ0v) is 21.0. The van der Waals surface area contributed by atoms with E-state index in [9.17, 15) is 15.5 Å². The van der Waals surface area contributed by atoms with Gasteiger partial charge < -0.3 is 20.1 Å². The molecule has 10 heteroatoms. The van der Waals surface area contributed by atoms with Gasteiger partial charge in [-0.05, 0) is 56.4 Å². The summed E-state index contributed by atoms with van der Waals surface area (Å²) in [4.78, 5) is 11.1. The van der Waals surface area contributed by atoms with Crippen LogP contribution in [0.25, 0.3) is 22.8 Å². The van der Waals surface area contributed by atoms with Gasteiger partial charge in [-0.3, -0.25) is 4.90 Å². The van der Waals surface area contributed by atoms with Gasteiger partial charge in [0, 0.05) is 30.9 Å². The molecule has 3 N–H and O–H groups in total. The molecule has 1 aliphatic rings. The van der Waals surface area contributed by atoms with E-state index in [-0.39, 0.29) is 37.7 Å². The Balaban J connectivity index is 0.00000342. The van der Waals surface area contributed by atoms with Crippen molar-refractivity contribution in [2.75, 3.05) is 31.6 Å². The molecule has 2 aromatic heterocycles. The van der Waals surface area contributed by atoms with E-state index in [1.165, 1.54) is 11.1 Å². The van der Waals surface area contributed by atoms with Crippen LogP contribution in [-0.4, -0.2) is 68.6 Å². The van der Waals surface area contributed by atoms with Crippen molar-refractivity contribution in [3.8, 4) is 28.9 Å². The predicted molar refractivity (Wildman–Crippen MR) is 135 cm³/mol. The molecule has 0 aliphatic carbocycles. The third-order valence-corrected chi connectivity index (χ3v) is 6.30. The van der Waals surface area contributed by atoms with E-state index in [0.717, 1.165) is 37.1 Å². The maximum absolute atomic E-state index is 9.56. The van der Waals surface area contributed by atoms with Crippen LogP contribution in [0.15, 0.2) is 28.9 Å². The minimum absolute atomic E-state index is 0. The maximum Gasteiger partial charge on any atom is 0.259 e. The average Bonchev–Trinajstić information content (AvgIpc) is 3.21. The minimum Gasteiger partial charge on any atom is -0.395 e. The molecule has 0 bridgehead atoms. The van der Waals surface area contributed by atoms with Crippen molar-refractivity contribution < 1.29 is 14.7 Å². The van der Waals surface area contributed by atoms with E-state index in [1.807, 2.05) is 19.9 Å². The van der Waals surface area contributed by atoms with Crippen LogP contribution in [0.5, 0.6) is 0 Å². The molecule has 0 amide bonds. The highest BCUT2D eigenvalue weighted by molar-refractivity contribution is 5.85. The van der Waals surface area contributed by atoms with Crippen molar-refractivity contribution in [1.29, 1.82) is 5.26 Å². The molecule has 1 aliphatic heterocycles. The lowest BCUT2D eigenvalue weighted by Gasteiger charge is -2.27. The Morgan fingerprint density at radius 3 is 2.63 bits per heavy atom. The van der Waals surface area contributed by atoms with Gasteiger partial charge in [-0.1, -0.05) is 17.3 Å². The van der Waals surface area contributed by atoms with E-state index in [2.05, 4.69) is 44.4 Å². The largest absolute Gasteiger partial charge is 0.395 e. The fourth-order valence-corrected chi connectivity index (χ4v) is 4.43. The second-order valence-corrected chi connectivity index (χ2v) is 8.88. The Hall–Kier alpha value is -3.03. The van der Waals surface area contributed by atoms with Gasteiger partial charge in [0.1, 0.15) is 11.9 Å². The summed E-state index contributed by atoms with van der Waals surface area (Å²) in [5.41, 5.74) is 5.52. The lowest BCUT2D eigenvalue weighted by molar-refractivity contribution is 0.0769. The van der Waals surface area contributed by atoms with E-state index >= 15 is 0 Å². The fourth-order valence-electron chi connectivity index (χ4n) is 4.43. The van der Waals surface area contributed by atoms with Crippen LogP contribution in [0.2, 0.25) is 0 Å². The number of anilines is 1. The molecule has 0 spiro atoms. The monoisotopic (exact) mass is 498 g/mol. The van der Waals surface area contributed by atoms with E-state index < -0.39 is 0 Å². The van der Waals surface area contributed by atoms with Crippen molar-refractivity contribution in [2.45, 2.75) is 45.7 Å². The number of aliphatic hydroxyl groups is 2. The number of benzene rings is 1. The van der Waals surface area contributed by atoms with Gasteiger partial charge in [-0.2, -0.15) is 10.2 Å². The Morgan fingerprint density at radius 2 is 1.94 bits per heavy atom. The standard InChI is InChI=1S/C25H30N6O3.ClH/c1-15(2)28-23-18(11-26)10-19(12-27-23)25-29-24(30-34-25)22-5-4-17-6-8-31(20(13-32)14-33)9-7-21(17)16(22)3;/h4-5,10,12,15,20,32-33H,6-9,13-14H2,1-3H3,(H,27,28);1H. The normalized spacial score (nSPS) is 13.8. The van der Waals surface area contributed by atoms with Crippen molar-refractivity contribution in [2.24, 2.45) is 0 Å². The molecule has 3 aromatic rings. The molecule has 0 atom stereocenters. The number of nitriles is 1. The minimum atomic E-state index is -0.233. The summed E-state index contributed by atoms with van der Waals surface area (Å²) >= 11 is 0. The molecule has 0 saturated carbocycles. The molecule has 0 saturated heterocycles. The number of pyridine rings is 1. The van der Waals surface area contributed by atoms with Crippen LogP contribution in [0.1, 0.15) is 36.1 Å². The first-order chi connectivity index (χ1) is 16.4. The molecule has 9 nitrogen and oxygen atoms in total. The summed E-state index contributed by atoms with van der Waals surface area (Å²) in [5.74, 6) is 1.33. The van der Waals surface area contributed by atoms with Crippen LogP contribution >= 0.6 is 12.4 Å². The van der Waals surface area contributed by atoms with Crippen LogP contribution < -0.4 is 5.32 Å². The maximum atomic E-state index is 9.56. The zero-order chi connectivity index (χ0) is 24.2. The Labute approximate surface area is 211 Å². The molecule has 1 aromatic carbocycles. The number of aromatic nitrogens is 3. The average molecular weight is 499 g/mol. The quantitative estimate of drug-likeness (QED) is 0.449. The number of fused-ring (bicyclic) bond motifs is 1. The molecule has 4 rings (SSSR count). The second-order valence-electron chi connectivity index (χ2n) is 8.88. The molecular formula is C25H31ClN6O3. The van der Waals surface area contributed by atoms with Crippen LogP contribution in [0.4, 0.5) is 5.82 Å². The topological polar surface area (TPSA) is 131 Å². The van der Waals surface area contributed by atoms with Crippen molar-refractivity contribution in [3.05, 3.63) is 46.6 Å². The van der Waals surface area contributed by atoms with E-state index in [4.69, 9.17) is 4.52 Å². The highest BCUT2D eigenvalue weighted by Crippen LogP contribution is 2.31. The van der Waals surface area contributed by atoms with Crippen LogP contribution in [0.3, 0.4) is 0 Å². The summed E-state index contributed by atoms with van der Waals surface area (Å²) in [7, 11) is 0. The molecule has 0 fully saturated rings. The Morgan fingerprint density at radius 1 is 1.20 bits per heavy atom.